The molecule has 0 aromatic carbocycles. The van der Waals surface area contributed by atoms with Gasteiger partial charge in [0, 0.05) is 24.0 Å². The summed E-state index contributed by atoms with van der Waals surface area (Å²) in [6.45, 7) is 2.71. The molecular formula is C14H19ClN2OS. The third-order valence-corrected chi connectivity index (χ3v) is 4.50. The monoisotopic (exact) mass is 298 g/mol. The second-order valence-corrected chi connectivity index (χ2v) is 6.57. The predicted molar refractivity (Wildman–Crippen MR) is 81.6 cm³/mol. The number of hydrogen-bond donors (Lipinski definition) is 1. The molecule has 0 spiro atoms. The Hall–Kier alpha value is -0.840. The number of likely N-dealkylation sites (tertiary alicyclic amines) is 1. The molecule has 1 fully saturated rings. The Morgan fingerprint density at radius 3 is 3.16 bits per heavy atom. The molecule has 3 nitrogen and oxygen atoms in total. The van der Waals surface area contributed by atoms with E-state index in [1.54, 1.807) is 6.08 Å². The summed E-state index contributed by atoms with van der Waals surface area (Å²) in [6.07, 6.45) is 5.80. The Morgan fingerprint density at radius 2 is 2.47 bits per heavy atom. The van der Waals surface area contributed by atoms with Gasteiger partial charge in [-0.3, -0.25) is 4.79 Å². The highest BCUT2D eigenvalue weighted by Gasteiger charge is 2.21. The molecule has 19 heavy (non-hydrogen) atoms. The van der Waals surface area contributed by atoms with Crippen molar-refractivity contribution in [2.24, 2.45) is 5.92 Å². The summed E-state index contributed by atoms with van der Waals surface area (Å²) < 4.78 is 0.749. The standard InChI is InChI=1S/C14H19ClN2OS/c1-16-9-11-3-2-8-17(10-11)14(18)7-5-12-4-6-13(15)19-12/h4-7,11,16H,2-3,8-10H2,1H3/b7-5+. The third kappa shape index (κ3) is 4.34. The zero-order chi connectivity index (χ0) is 13.7. The maximum absolute atomic E-state index is 12.1. The topological polar surface area (TPSA) is 32.3 Å². The second-order valence-electron chi connectivity index (χ2n) is 4.83. The molecule has 1 aliphatic heterocycles. The van der Waals surface area contributed by atoms with Gasteiger partial charge in [-0.05, 0) is 50.6 Å². The molecule has 1 aromatic rings. The molecular weight excluding hydrogens is 280 g/mol. The summed E-state index contributed by atoms with van der Waals surface area (Å²) in [6, 6.07) is 3.77. The average Bonchev–Trinajstić information content (AvgIpc) is 2.82. The first-order valence-electron chi connectivity index (χ1n) is 6.56. The first-order valence-corrected chi connectivity index (χ1v) is 7.75. The Balaban J connectivity index is 1.90. The number of piperidine rings is 1. The Labute approximate surface area is 123 Å². The molecule has 1 atom stereocenters. The first kappa shape index (κ1) is 14.6. The van der Waals surface area contributed by atoms with Crippen molar-refractivity contribution in [3.8, 4) is 0 Å². The quantitative estimate of drug-likeness (QED) is 0.867. The minimum Gasteiger partial charge on any atom is -0.339 e. The highest BCUT2D eigenvalue weighted by atomic mass is 35.5. The van der Waals surface area contributed by atoms with Gasteiger partial charge in [0.2, 0.25) is 5.91 Å². The lowest BCUT2D eigenvalue weighted by molar-refractivity contribution is -0.127. The minimum atomic E-state index is 0.102. The van der Waals surface area contributed by atoms with Crippen molar-refractivity contribution in [1.82, 2.24) is 10.2 Å². The maximum Gasteiger partial charge on any atom is 0.246 e. The van der Waals surface area contributed by atoms with Crippen LogP contribution >= 0.6 is 22.9 Å². The van der Waals surface area contributed by atoms with Gasteiger partial charge < -0.3 is 10.2 Å². The van der Waals surface area contributed by atoms with E-state index in [2.05, 4.69) is 5.32 Å². The van der Waals surface area contributed by atoms with Crippen LogP contribution < -0.4 is 5.32 Å². The van der Waals surface area contributed by atoms with Crippen molar-refractivity contribution < 1.29 is 4.79 Å². The van der Waals surface area contributed by atoms with E-state index in [4.69, 9.17) is 11.6 Å². The number of hydrogen-bond acceptors (Lipinski definition) is 3. The van der Waals surface area contributed by atoms with E-state index in [9.17, 15) is 4.79 Å². The summed E-state index contributed by atoms with van der Waals surface area (Å²) in [7, 11) is 1.96. The molecule has 1 unspecified atom stereocenters. The fourth-order valence-electron chi connectivity index (χ4n) is 2.40. The van der Waals surface area contributed by atoms with Crippen molar-refractivity contribution >= 4 is 34.9 Å². The van der Waals surface area contributed by atoms with Gasteiger partial charge in [-0.2, -0.15) is 0 Å². The van der Waals surface area contributed by atoms with E-state index in [0.29, 0.717) is 5.92 Å². The van der Waals surface area contributed by atoms with Gasteiger partial charge in [0.15, 0.2) is 0 Å². The fraction of sp³-hybridized carbons (Fsp3) is 0.500. The number of nitrogens with one attached hydrogen (secondary N) is 1. The highest BCUT2D eigenvalue weighted by Crippen LogP contribution is 2.22. The summed E-state index contributed by atoms with van der Waals surface area (Å²) in [5.41, 5.74) is 0. The van der Waals surface area contributed by atoms with E-state index in [0.717, 1.165) is 35.3 Å². The molecule has 2 heterocycles. The van der Waals surface area contributed by atoms with Gasteiger partial charge in [-0.25, -0.2) is 0 Å². The number of carbonyl (C=O) groups is 1. The van der Waals surface area contributed by atoms with Gasteiger partial charge in [-0.15, -0.1) is 11.3 Å². The smallest absolute Gasteiger partial charge is 0.246 e. The summed E-state index contributed by atoms with van der Waals surface area (Å²) in [5, 5.41) is 3.19. The highest BCUT2D eigenvalue weighted by molar-refractivity contribution is 7.17. The molecule has 2 rings (SSSR count). The number of halogens is 1. The van der Waals surface area contributed by atoms with Gasteiger partial charge in [0.25, 0.3) is 0 Å². The second kappa shape index (κ2) is 7.08. The zero-order valence-electron chi connectivity index (χ0n) is 11.1. The Morgan fingerprint density at radius 1 is 1.63 bits per heavy atom. The zero-order valence-corrected chi connectivity index (χ0v) is 12.6. The Kier molecular flexibility index (Phi) is 5.43. The van der Waals surface area contributed by atoms with E-state index in [1.807, 2.05) is 30.2 Å². The number of nitrogens with zero attached hydrogens (tertiary/aromatic N) is 1. The minimum absolute atomic E-state index is 0.102. The number of amides is 1. The molecule has 1 N–H and O–H groups in total. The number of rotatable bonds is 4. The molecule has 1 amide bonds. The molecule has 1 saturated heterocycles. The van der Waals surface area contributed by atoms with Crippen molar-refractivity contribution in [2.75, 3.05) is 26.7 Å². The van der Waals surface area contributed by atoms with Gasteiger partial charge in [0.1, 0.15) is 0 Å². The van der Waals surface area contributed by atoms with E-state index in [-0.39, 0.29) is 5.91 Å². The summed E-state index contributed by atoms with van der Waals surface area (Å²) >= 11 is 7.34. The van der Waals surface area contributed by atoms with Crippen LogP contribution in [0, 0.1) is 5.92 Å². The molecule has 104 valence electrons. The molecule has 1 aromatic heterocycles. The van der Waals surface area contributed by atoms with Crippen LogP contribution in [-0.2, 0) is 4.79 Å². The average molecular weight is 299 g/mol. The van der Waals surface area contributed by atoms with Crippen LogP contribution in [0.2, 0.25) is 4.34 Å². The van der Waals surface area contributed by atoms with Crippen LogP contribution in [-0.4, -0.2) is 37.5 Å². The van der Waals surface area contributed by atoms with E-state index in [1.165, 1.54) is 17.8 Å². The van der Waals surface area contributed by atoms with Crippen LogP contribution in [0.25, 0.3) is 6.08 Å². The van der Waals surface area contributed by atoms with Crippen molar-refractivity contribution in [3.63, 3.8) is 0 Å². The van der Waals surface area contributed by atoms with E-state index < -0.39 is 0 Å². The van der Waals surface area contributed by atoms with Crippen LogP contribution in [0.5, 0.6) is 0 Å². The van der Waals surface area contributed by atoms with Crippen LogP contribution in [0.15, 0.2) is 18.2 Å². The molecule has 0 aliphatic carbocycles. The Bertz CT molecular complexity index is 456. The van der Waals surface area contributed by atoms with Crippen molar-refractivity contribution in [1.29, 1.82) is 0 Å². The lowest BCUT2D eigenvalue weighted by Gasteiger charge is -2.32. The van der Waals surface area contributed by atoms with E-state index >= 15 is 0 Å². The number of carbonyl (C=O) groups excluding carboxylic acids is 1. The molecule has 0 saturated carbocycles. The lowest BCUT2D eigenvalue weighted by atomic mass is 9.98. The normalized spacial score (nSPS) is 20.1. The van der Waals surface area contributed by atoms with Gasteiger partial charge >= 0.3 is 0 Å². The molecule has 0 radical (unpaired) electrons. The largest absolute Gasteiger partial charge is 0.339 e. The number of thiophene rings is 1. The SMILES string of the molecule is CNCC1CCCN(C(=O)/C=C/c2ccc(Cl)s2)C1. The molecule has 1 aliphatic rings. The maximum atomic E-state index is 12.1. The molecule has 0 bridgehead atoms. The first-order chi connectivity index (χ1) is 9.19. The van der Waals surface area contributed by atoms with Gasteiger partial charge in [-0.1, -0.05) is 11.6 Å². The van der Waals surface area contributed by atoms with Crippen LogP contribution in [0.1, 0.15) is 17.7 Å². The van der Waals surface area contributed by atoms with Crippen molar-refractivity contribution in [3.05, 3.63) is 27.4 Å². The fourth-order valence-corrected chi connectivity index (χ4v) is 3.36. The third-order valence-electron chi connectivity index (χ3n) is 3.31. The van der Waals surface area contributed by atoms with Gasteiger partial charge in [0.05, 0.1) is 4.34 Å². The predicted octanol–water partition coefficient (Wildman–Crippen LogP) is 2.87. The molecule has 5 heteroatoms. The van der Waals surface area contributed by atoms with Crippen LogP contribution in [0.4, 0.5) is 0 Å². The van der Waals surface area contributed by atoms with Crippen LogP contribution in [0.3, 0.4) is 0 Å². The summed E-state index contributed by atoms with van der Waals surface area (Å²) in [5.74, 6) is 0.678. The lowest BCUT2D eigenvalue weighted by Crippen LogP contribution is -2.41. The summed E-state index contributed by atoms with van der Waals surface area (Å²) in [4.78, 5) is 15.1. The van der Waals surface area contributed by atoms with Crippen molar-refractivity contribution in [2.45, 2.75) is 12.8 Å².